The van der Waals surface area contributed by atoms with Gasteiger partial charge < -0.3 is 9.94 Å². The number of halogens is 1. The molecule has 1 aromatic rings. The van der Waals surface area contributed by atoms with Gasteiger partial charge in [0, 0.05) is 12.0 Å². The number of rotatable bonds is 0. The van der Waals surface area contributed by atoms with E-state index in [-0.39, 0.29) is 5.82 Å². The Labute approximate surface area is 74.4 Å². The van der Waals surface area contributed by atoms with Crippen LogP contribution < -0.4 is 4.74 Å². The SMILES string of the molecule is O/N=C1\CCOc2ccc(F)cc21. The van der Waals surface area contributed by atoms with Gasteiger partial charge in [0.2, 0.25) is 0 Å². The smallest absolute Gasteiger partial charge is 0.128 e. The molecule has 0 aromatic heterocycles. The monoisotopic (exact) mass is 181 g/mol. The number of ether oxygens (including phenoxy) is 1. The fraction of sp³-hybridized carbons (Fsp3) is 0.222. The van der Waals surface area contributed by atoms with E-state index in [0.717, 1.165) is 0 Å². The second-order valence-electron chi connectivity index (χ2n) is 2.79. The van der Waals surface area contributed by atoms with Gasteiger partial charge in [0.05, 0.1) is 12.3 Å². The van der Waals surface area contributed by atoms with Gasteiger partial charge in [-0.05, 0) is 18.2 Å². The third kappa shape index (κ3) is 1.35. The first-order valence-corrected chi connectivity index (χ1v) is 3.95. The third-order valence-corrected chi connectivity index (χ3v) is 1.97. The van der Waals surface area contributed by atoms with Crippen LogP contribution in [-0.2, 0) is 0 Å². The molecule has 1 aromatic carbocycles. The van der Waals surface area contributed by atoms with Gasteiger partial charge in [-0.15, -0.1) is 0 Å². The lowest BCUT2D eigenvalue weighted by Gasteiger charge is -2.17. The summed E-state index contributed by atoms with van der Waals surface area (Å²) in [4.78, 5) is 0. The van der Waals surface area contributed by atoms with Crippen molar-refractivity contribution in [1.29, 1.82) is 0 Å². The van der Waals surface area contributed by atoms with Gasteiger partial charge in [-0.1, -0.05) is 5.16 Å². The average molecular weight is 181 g/mol. The van der Waals surface area contributed by atoms with Gasteiger partial charge in [-0.3, -0.25) is 0 Å². The topological polar surface area (TPSA) is 41.8 Å². The highest BCUT2D eigenvalue weighted by Gasteiger charge is 2.17. The summed E-state index contributed by atoms with van der Waals surface area (Å²) in [6.45, 7) is 0.470. The van der Waals surface area contributed by atoms with Crippen LogP contribution in [-0.4, -0.2) is 17.5 Å². The van der Waals surface area contributed by atoms with E-state index in [1.807, 2.05) is 0 Å². The van der Waals surface area contributed by atoms with Crippen molar-refractivity contribution in [2.45, 2.75) is 6.42 Å². The normalized spacial score (nSPS) is 18.1. The maximum Gasteiger partial charge on any atom is 0.128 e. The van der Waals surface area contributed by atoms with E-state index in [9.17, 15) is 4.39 Å². The van der Waals surface area contributed by atoms with Gasteiger partial charge in [0.15, 0.2) is 0 Å². The highest BCUT2D eigenvalue weighted by molar-refractivity contribution is 6.03. The molecule has 0 atom stereocenters. The Hall–Kier alpha value is -1.58. The Bertz CT molecular complexity index is 363. The van der Waals surface area contributed by atoms with Crippen molar-refractivity contribution in [2.75, 3.05) is 6.61 Å². The van der Waals surface area contributed by atoms with Crippen LogP contribution in [0.15, 0.2) is 23.4 Å². The summed E-state index contributed by atoms with van der Waals surface area (Å²) in [5, 5.41) is 11.7. The molecule has 0 bridgehead atoms. The standard InChI is InChI=1S/C9H8FNO2/c10-6-1-2-9-7(5-6)8(11-12)3-4-13-9/h1-2,5,12H,3-4H2/b11-8+. The molecule has 0 saturated heterocycles. The number of oxime groups is 1. The largest absolute Gasteiger partial charge is 0.492 e. The first-order chi connectivity index (χ1) is 6.31. The lowest BCUT2D eigenvalue weighted by Crippen LogP contribution is -2.16. The number of benzene rings is 1. The van der Waals surface area contributed by atoms with Crippen LogP contribution in [0.2, 0.25) is 0 Å². The molecule has 4 heteroatoms. The molecule has 0 spiro atoms. The van der Waals surface area contributed by atoms with E-state index in [2.05, 4.69) is 5.16 Å². The fourth-order valence-corrected chi connectivity index (χ4v) is 1.35. The average Bonchev–Trinajstić information content (AvgIpc) is 2.17. The molecular formula is C9H8FNO2. The van der Waals surface area contributed by atoms with Crippen LogP contribution >= 0.6 is 0 Å². The second kappa shape index (κ2) is 3.05. The molecule has 1 N–H and O–H groups in total. The summed E-state index contributed by atoms with van der Waals surface area (Å²) in [7, 11) is 0. The van der Waals surface area contributed by atoms with Gasteiger partial charge >= 0.3 is 0 Å². The van der Waals surface area contributed by atoms with Crippen molar-refractivity contribution in [3.05, 3.63) is 29.6 Å². The molecule has 3 nitrogen and oxygen atoms in total. The van der Waals surface area contributed by atoms with Crippen LogP contribution in [0.3, 0.4) is 0 Å². The van der Waals surface area contributed by atoms with Crippen molar-refractivity contribution in [3.63, 3.8) is 0 Å². The summed E-state index contributed by atoms with van der Waals surface area (Å²) in [5.41, 5.74) is 1.01. The lowest BCUT2D eigenvalue weighted by atomic mass is 10.0. The van der Waals surface area contributed by atoms with Crippen molar-refractivity contribution in [1.82, 2.24) is 0 Å². The molecule has 0 amide bonds. The number of hydrogen-bond donors (Lipinski definition) is 1. The quantitative estimate of drug-likeness (QED) is 0.489. The Kier molecular flexibility index (Phi) is 1.88. The second-order valence-corrected chi connectivity index (χ2v) is 2.79. The van der Waals surface area contributed by atoms with Crippen molar-refractivity contribution in [3.8, 4) is 5.75 Å². The first kappa shape index (κ1) is 8.04. The molecule has 0 aliphatic carbocycles. The van der Waals surface area contributed by atoms with Crippen LogP contribution in [0.25, 0.3) is 0 Å². The maximum absolute atomic E-state index is 12.8. The minimum Gasteiger partial charge on any atom is -0.492 e. The zero-order valence-electron chi connectivity index (χ0n) is 6.83. The summed E-state index contributed by atoms with van der Waals surface area (Å²) in [6.07, 6.45) is 0.507. The van der Waals surface area contributed by atoms with E-state index in [1.165, 1.54) is 18.2 Å². The molecule has 1 aliphatic rings. The molecule has 13 heavy (non-hydrogen) atoms. The Balaban J connectivity index is 2.54. The van der Waals surface area contributed by atoms with E-state index >= 15 is 0 Å². The minimum absolute atomic E-state index is 0.356. The van der Waals surface area contributed by atoms with Crippen molar-refractivity contribution in [2.24, 2.45) is 5.16 Å². The summed E-state index contributed by atoms with van der Waals surface area (Å²) < 4.78 is 18.1. The fourth-order valence-electron chi connectivity index (χ4n) is 1.35. The highest BCUT2D eigenvalue weighted by Crippen LogP contribution is 2.25. The molecule has 68 valence electrons. The Morgan fingerprint density at radius 2 is 2.31 bits per heavy atom. The van der Waals surface area contributed by atoms with Crippen LogP contribution in [0.1, 0.15) is 12.0 Å². The van der Waals surface area contributed by atoms with Crippen LogP contribution in [0.5, 0.6) is 5.75 Å². The molecular weight excluding hydrogens is 173 g/mol. The van der Waals surface area contributed by atoms with Crippen LogP contribution in [0, 0.1) is 5.82 Å². The van der Waals surface area contributed by atoms with Gasteiger partial charge in [0.1, 0.15) is 11.6 Å². The summed E-state index contributed by atoms with van der Waals surface area (Å²) in [5.74, 6) is 0.214. The van der Waals surface area contributed by atoms with E-state index in [0.29, 0.717) is 30.1 Å². The molecule has 1 aliphatic heterocycles. The van der Waals surface area contributed by atoms with Crippen molar-refractivity contribution >= 4 is 5.71 Å². The third-order valence-electron chi connectivity index (χ3n) is 1.97. The molecule has 1 heterocycles. The predicted octanol–water partition coefficient (Wildman–Crippen LogP) is 1.79. The van der Waals surface area contributed by atoms with Crippen molar-refractivity contribution < 1.29 is 14.3 Å². The van der Waals surface area contributed by atoms with E-state index in [1.54, 1.807) is 0 Å². The zero-order chi connectivity index (χ0) is 9.26. The van der Waals surface area contributed by atoms with E-state index in [4.69, 9.17) is 9.94 Å². The molecule has 0 unspecified atom stereocenters. The molecule has 0 fully saturated rings. The molecule has 0 radical (unpaired) electrons. The number of fused-ring (bicyclic) bond motifs is 1. The molecule has 0 saturated carbocycles. The minimum atomic E-state index is -0.356. The van der Waals surface area contributed by atoms with Crippen LogP contribution in [0.4, 0.5) is 4.39 Å². The van der Waals surface area contributed by atoms with Gasteiger partial charge in [-0.2, -0.15) is 0 Å². The number of hydrogen-bond acceptors (Lipinski definition) is 3. The zero-order valence-corrected chi connectivity index (χ0v) is 6.83. The maximum atomic E-state index is 12.8. The highest BCUT2D eigenvalue weighted by atomic mass is 19.1. The van der Waals surface area contributed by atoms with Gasteiger partial charge in [-0.25, -0.2) is 4.39 Å². The summed E-state index contributed by atoms with van der Waals surface area (Å²) in [6, 6.07) is 4.16. The Morgan fingerprint density at radius 3 is 3.08 bits per heavy atom. The first-order valence-electron chi connectivity index (χ1n) is 3.95. The number of nitrogens with zero attached hydrogens (tertiary/aromatic N) is 1. The summed E-state index contributed by atoms with van der Waals surface area (Å²) >= 11 is 0. The predicted molar refractivity (Wildman–Crippen MR) is 44.8 cm³/mol. The van der Waals surface area contributed by atoms with Gasteiger partial charge in [0.25, 0.3) is 0 Å². The van der Waals surface area contributed by atoms with E-state index < -0.39 is 0 Å². The Morgan fingerprint density at radius 1 is 1.46 bits per heavy atom. The lowest BCUT2D eigenvalue weighted by molar-refractivity contribution is 0.297. The molecule has 2 rings (SSSR count).